The van der Waals surface area contributed by atoms with E-state index in [0.29, 0.717) is 6.42 Å². The molecule has 0 aliphatic carbocycles. The highest BCUT2D eigenvalue weighted by molar-refractivity contribution is 7.98. The van der Waals surface area contributed by atoms with Crippen LogP contribution in [0.4, 0.5) is 0 Å². The Balaban J connectivity index is 1.92. The zero-order chi connectivity index (χ0) is 13.5. The first-order valence-corrected chi connectivity index (χ1v) is 7.26. The van der Waals surface area contributed by atoms with E-state index >= 15 is 0 Å². The Morgan fingerprint density at radius 3 is 2.32 bits per heavy atom. The summed E-state index contributed by atoms with van der Waals surface area (Å²) in [5.41, 5.74) is 2.35. The Hall–Kier alpha value is -1.45. The molecule has 4 heteroatoms. The second-order valence-corrected chi connectivity index (χ2v) is 5.56. The van der Waals surface area contributed by atoms with Crippen LogP contribution in [0.3, 0.4) is 0 Å². The van der Waals surface area contributed by atoms with Crippen LogP contribution >= 0.6 is 23.4 Å². The third-order valence-electron chi connectivity index (χ3n) is 2.63. The molecule has 0 atom stereocenters. The summed E-state index contributed by atoms with van der Waals surface area (Å²) < 4.78 is 0. The molecule has 2 aromatic rings. The summed E-state index contributed by atoms with van der Waals surface area (Å²) >= 11 is 7.47. The maximum Gasteiger partial charge on any atom is 0.149 e. The number of halogens is 1. The summed E-state index contributed by atoms with van der Waals surface area (Å²) in [6.45, 7) is 0. The van der Waals surface area contributed by atoms with E-state index in [1.54, 1.807) is 11.8 Å². The lowest BCUT2D eigenvalue weighted by atomic mass is 10.2. The summed E-state index contributed by atoms with van der Waals surface area (Å²) in [7, 11) is 0. The van der Waals surface area contributed by atoms with Crippen LogP contribution in [0.25, 0.3) is 0 Å². The van der Waals surface area contributed by atoms with Crippen molar-refractivity contribution in [2.75, 3.05) is 0 Å². The van der Waals surface area contributed by atoms with E-state index in [9.17, 15) is 0 Å². The van der Waals surface area contributed by atoms with Gasteiger partial charge in [-0.3, -0.25) is 0 Å². The molecule has 0 saturated carbocycles. The number of benzene rings is 2. The van der Waals surface area contributed by atoms with Gasteiger partial charge in [0.15, 0.2) is 0 Å². The van der Waals surface area contributed by atoms with Gasteiger partial charge in [0.1, 0.15) is 5.17 Å². The molecule has 2 nitrogen and oxygen atoms in total. The number of oxime groups is 1. The lowest BCUT2D eigenvalue weighted by Crippen LogP contribution is -1.93. The summed E-state index contributed by atoms with van der Waals surface area (Å²) in [6.07, 6.45) is 0.460. The fraction of sp³-hybridized carbons (Fsp3) is 0.133. The zero-order valence-electron chi connectivity index (χ0n) is 10.3. The van der Waals surface area contributed by atoms with Crippen LogP contribution in [-0.4, -0.2) is 10.4 Å². The third kappa shape index (κ3) is 4.62. The minimum absolute atomic E-state index is 0.199. The molecule has 0 heterocycles. The highest BCUT2D eigenvalue weighted by Crippen LogP contribution is 2.23. The Bertz CT molecular complexity index is 540. The topological polar surface area (TPSA) is 32.6 Å². The number of hydrogen-bond donors (Lipinski definition) is 1. The van der Waals surface area contributed by atoms with Gasteiger partial charge in [0.05, 0.1) is 0 Å². The Kier molecular flexibility index (Phi) is 5.31. The maximum absolute atomic E-state index is 8.51. The van der Waals surface area contributed by atoms with E-state index in [4.69, 9.17) is 16.8 Å². The fourth-order valence-electron chi connectivity index (χ4n) is 1.65. The lowest BCUT2D eigenvalue weighted by Gasteiger charge is -2.03. The van der Waals surface area contributed by atoms with Gasteiger partial charge in [-0.25, -0.2) is 0 Å². The fourth-order valence-corrected chi connectivity index (χ4v) is 2.66. The molecular formula is C15H14ClNOS. The molecule has 0 aromatic heterocycles. The SMILES string of the molecule is ON=C(Cl)Cc1ccc(SCc2ccccc2)cc1. The quantitative estimate of drug-likeness (QED) is 0.379. The largest absolute Gasteiger partial charge is 0.410 e. The number of nitrogens with zero attached hydrogens (tertiary/aromatic N) is 1. The van der Waals surface area contributed by atoms with Crippen molar-refractivity contribution in [3.05, 3.63) is 65.7 Å². The third-order valence-corrected chi connectivity index (χ3v) is 3.92. The van der Waals surface area contributed by atoms with Crippen LogP contribution in [0.2, 0.25) is 0 Å². The average molecular weight is 292 g/mol. The van der Waals surface area contributed by atoms with Crippen molar-refractivity contribution in [3.8, 4) is 0 Å². The van der Waals surface area contributed by atoms with Crippen LogP contribution in [-0.2, 0) is 12.2 Å². The van der Waals surface area contributed by atoms with Gasteiger partial charge in [-0.2, -0.15) is 0 Å². The molecular weight excluding hydrogens is 278 g/mol. The highest BCUT2D eigenvalue weighted by atomic mass is 35.5. The first-order valence-electron chi connectivity index (χ1n) is 5.90. The van der Waals surface area contributed by atoms with Gasteiger partial charge >= 0.3 is 0 Å². The normalized spacial score (nSPS) is 11.5. The zero-order valence-corrected chi connectivity index (χ0v) is 11.9. The van der Waals surface area contributed by atoms with Gasteiger partial charge in [-0.05, 0) is 23.3 Å². The molecule has 2 rings (SSSR count). The molecule has 0 aliphatic rings. The minimum Gasteiger partial charge on any atom is -0.410 e. The standard InChI is InChI=1S/C15H14ClNOS/c16-15(17-18)10-12-6-8-14(9-7-12)19-11-13-4-2-1-3-5-13/h1-9,18H,10-11H2. The van der Waals surface area contributed by atoms with Gasteiger partial charge in [0, 0.05) is 17.1 Å². The monoisotopic (exact) mass is 291 g/mol. The maximum atomic E-state index is 8.51. The van der Waals surface area contributed by atoms with E-state index in [1.807, 2.05) is 18.2 Å². The molecule has 0 saturated heterocycles. The smallest absolute Gasteiger partial charge is 0.149 e. The molecule has 0 aliphatic heterocycles. The molecule has 1 N–H and O–H groups in total. The highest BCUT2D eigenvalue weighted by Gasteiger charge is 2.00. The van der Waals surface area contributed by atoms with Gasteiger partial charge < -0.3 is 5.21 Å². The Morgan fingerprint density at radius 1 is 1.00 bits per heavy atom. The van der Waals surface area contributed by atoms with Crippen molar-refractivity contribution < 1.29 is 5.21 Å². The van der Waals surface area contributed by atoms with Gasteiger partial charge in [-0.1, -0.05) is 59.2 Å². The molecule has 0 fully saturated rings. The van der Waals surface area contributed by atoms with Crippen molar-refractivity contribution in [2.45, 2.75) is 17.1 Å². The average Bonchev–Trinajstić information content (AvgIpc) is 2.47. The minimum atomic E-state index is 0.199. The van der Waals surface area contributed by atoms with Gasteiger partial charge in [-0.15, -0.1) is 11.8 Å². The molecule has 0 radical (unpaired) electrons. The van der Waals surface area contributed by atoms with E-state index in [-0.39, 0.29) is 5.17 Å². The number of rotatable bonds is 5. The molecule has 2 aromatic carbocycles. The molecule has 0 amide bonds. The molecule has 0 bridgehead atoms. The van der Waals surface area contributed by atoms with E-state index in [0.717, 1.165) is 11.3 Å². The summed E-state index contributed by atoms with van der Waals surface area (Å²) in [4.78, 5) is 1.21. The lowest BCUT2D eigenvalue weighted by molar-refractivity contribution is 0.319. The van der Waals surface area contributed by atoms with Gasteiger partial charge in [0.25, 0.3) is 0 Å². The molecule has 19 heavy (non-hydrogen) atoms. The van der Waals surface area contributed by atoms with Crippen LogP contribution in [0, 0.1) is 0 Å². The number of hydrogen-bond acceptors (Lipinski definition) is 3. The molecule has 0 spiro atoms. The predicted octanol–water partition coefficient (Wildman–Crippen LogP) is 4.55. The van der Waals surface area contributed by atoms with Crippen LogP contribution < -0.4 is 0 Å². The van der Waals surface area contributed by atoms with Gasteiger partial charge in [0.2, 0.25) is 0 Å². The second kappa shape index (κ2) is 7.22. The van der Waals surface area contributed by atoms with E-state index < -0.39 is 0 Å². The van der Waals surface area contributed by atoms with E-state index in [2.05, 4.69) is 41.6 Å². The van der Waals surface area contributed by atoms with Crippen molar-refractivity contribution in [1.29, 1.82) is 0 Å². The van der Waals surface area contributed by atoms with Crippen molar-refractivity contribution >= 4 is 28.5 Å². The number of thioether (sulfide) groups is 1. The van der Waals surface area contributed by atoms with Crippen molar-refractivity contribution in [2.24, 2.45) is 5.16 Å². The first-order chi connectivity index (χ1) is 9.28. The van der Waals surface area contributed by atoms with Crippen molar-refractivity contribution in [3.63, 3.8) is 0 Å². The van der Waals surface area contributed by atoms with Crippen LogP contribution in [0.5, 0.6) is 0 Å². The molecule has 98 valence electrons. The van der Waals surface area contributed by atoms with Crippen LogP contribution in [0.15, 0.2) is 64.6 Å². The summed E-state index contributed by atoms with van der Waals surface area (Å²) in [5.74, 6) is 0.957. The Labute approximate surface area is 122 Å². The summed E-state index contributed by atoms with van der Waals surface area (Å²) in [6, 6.07) is 18.5. The van der Waals surface area contributed by atoms with E-state index in [1.165, 1.54) is 10.5 Å². The van der Waals surface area contributed by atoms with Crippen molar-refractivity contribution in [1.82, 2.24) is 0 Å². The Morgan fingerprint density at radius 2 is 1.68 bits per heavy atom. The predicted molar refractivity (Wildman–Crippen MR) is 81.2 cm³/mol. The summed E-state index contributed by atoms with van der Waals surface area (Å²) in [5, 5.41) is 11.7. The second-order valence-electron chi connectivity index (χ2n) is 4.07. The van der Waals surface area contributed by atoms with Crippen LogP contribution in [0.1, 0.15) is 11.1 Å². The first kappa shape index (κ1) is 14.0. The molecule has 0 unspecified atom stereocenters.